The summed E-state index contributed by atoms with van der Waals surface area (Å²) >= 11 is 5.87. The number of anilines is 1. The van der Waals surface area contributed by atoms with E-state index in [1.807, 2.05) is 0 Å². The van der Waals surface area contributed by atoms with Crippen molar-refractivity contribution in [2.24, 2.45) is 0 Å². The zero-order chi connectivity index (χ0) is 10.7. The first kappa shape index (κ1) is 10.8. The molecule has 0 heterocycles. The number of carbonyl (C=O) groups excluding carboxylic acids is 1. The average molecular weight is 215 g/mol. The van der Waals surface area contributed by atoms with Gasteiger partial charge in [0.25, 0.3) is 0 Å². The highest BCUT2D eigenvalue weighted by atomic mass is 35.5. The Kier molecular flexibility index (Phi) is 3.33. The Balaban J connectivity index is 2.95. The first-order valence-corrected chi connectivity index (χ1v) is 4.36. The second kappa shape index (κ2) is 4.30. The molecule has 14 heavy (non-hydrogen) atoms. The van der Waals surface area contributed by atoms with E-state index in [0.29, 0.717) is 15.8 Å². The summed E-state index contributed by atoms with van der Waals surface area (Å²) in [5, 5.41) is 9.91. The fourth-order valence-corrected chi connectivity index (χ4v) is 1.31. The van der Waals surface area contributed by atoms with Crippen LogP contribution in [0.3, 0.4) is 0 Å². The van der Waals surface area contributed by atoms with Gasteiger partial charge < -0.3 is 0 Å². The molecule has 0 unspecified atom stereocenters. The van der Waals surface area contributed by atoms with E-state index >= 15 is 0 Å². The smallest absolute Gasteiger partial charge is 0.294 e. The fourth-order valence-electron chi connectivity index (χ4n) is 1.04. The molecule has 1 rings (SSSR count). The van der Waals surface area contributed by atoms with Crippen molar-refractivity contribution >= 4 is 23.3 Å². The van der Waals surface area contributed by atoms with Gasteiger partial charge in [-0.25, -0.2) is 9.86 Å². The van der Waals surface area contributed by atoms with E-state index in [2.05, 4.69) is 0 Å². The second-order valence-electron chi connectivity index (χ2n) is 2.82. The normalized spacial score (nSPS) is 9.71. The van der Waals surface area contributed by atoms with Gasteiger partial charge in [-0.3, -0.25) is 10.1 Å². The molecule has 0 aliphatic heterocycles. The van der Waals surface area contributed by atoms with Gasteiger partial charge in [0.15, 0.2) is 0 Å². The maximum Gasteiger partial charge on any atom is 0.347 e. The van der Waals surface area contributed by atoms with Gasteiger partial charge in [0.1, 0.15) is 0 Å². The predicted octanol–water partition coefficient (Wildman–Crippen LogP) is 2.22. The van der Waals surface area contributed by atoms with Gasteiger partial charge in [-0.2, -0.15) is 0 Å². The van der Waals surface area contributed by atoms with Crippen LogP contribution in [0.2, 0.25) is 5.02 Å². The minimum Gasteiger partial charge on any atom is -0.294 e. The topological polar surface area (TPSA) is 43.8 Å². The van der Waals surface area contributed by atoms with Crippen LogP contribution in [0.1, 0.15) is 0 Å². The minimum absolute atomic E-state index is 0.463. The van der Waals surface area contributed by atoms with E-state index in [9.17, 15) is 4.79 Å². The summed E-state index contributed by atoms with van der Waals surface area (Å²) in [5.41, 5.74) is 0.556. The van der Waals surface area contributed by atoms with Gasteiger partial charge >= 0.3 is 6.03 Å². The lowest BCUT2D eigenvalue weighted by molar-refractivity contribution is -0.0145. The Bertz CT molecular complexity index is 341. The van der Waals surface area contributed by atoms with Crippen LogP contribution >= 0.6 is 11.6 Å². The number of carbonyl (C=O) groups is 1. The summed E-state index contributed by atoms with van der Waals surface area (Å²) in [6.07, 6.45) is 0. The molecule has 0 spiro atoms. The molecule has 1 aromatic rings. The molecule has 0 atom stereocenters. The number of rotatable bonds is 1. The summed E-state index contributed by atoms with van der Waals surface area (Å²) in [5.74, 6) is 0. The van der Waals surface area contributed by atoms with Crippen molar-refractivity contribution in [1.29, 1.82) is 0 Å². The number of hydroxylamine groups is 2. The zero-order valence-corrected chi connectivity index (χ0v) is 8.69. The maximum absolute atomic E-state index is 11.3. The summed E-state index contributed by atoms with van der Waals surface area (Å²) in [6, 6.07) is 6.37. The van der Waals surface area contributed by atoms with Crippen LogP contribution in [0.5, 0.6) is 0 Å². The number of para-hydroxylation sites is 1. The van der Waals surface area contributed by atoms with Crippen LogP contribution in [0.25, 0.3) is 0 Å². The summed E-state index contributed by atoms with van der Waals surface area (Å²) in [4.78, 5) is 12.6. The summed E-state index contributed by atoms with van der Waals surface area (Å²) in [7, 11) is 2.80. The van der Waals surface area contributed by atoms with Crippen molar-refractivity contribution in [3.05, 3.63) is 29.3 Å². The average Bonchev–Trinajstić information content (AvgIpc) is 2.16. The number of amides is 2. The highest BCUT2D eigenvalue weighted by Crippen LogP contribution is 2.24. The molecule has 0 radical (unpaired) electrons. The molecule has 0 aliphatic carbocycles. The molecule has 0 bridgehead atoms. The number of urea groups is 1. The van der Waals surface area contributed by atoms with E-state index in [1.54, 1.807) is 24.3 Å². The molecule has 76 valence electrons. The third-order valence-corrected chi connectivity index (χ3v) is 2.10. The first-order valence-electron chi connectivity index (χ1n) is 3.99. The van der Waals surface area contributed by atoms with Gasteiger partial charge in [-0.15, -0.1) is 0 Å². The fraction of sp³-hybridized carbons (Fsp3) is 0.222. The summed E-state index contributed by atoms with van der Waals surface area (Å²) in [6.45, 7) is 0. The van der Waals surface area contributed by atoms with E-state index in [-0.39, 0.29) is 0 Å². The first-order chi connectivity index (χ1) is 6.54. The summed E-state index contributed by atoms with van der Waals surface area (Å²) < 4.78 is 0. The number of nitrogens with zero attached hydrogens (tertiary/aromatic N) is 2. The maximum atomic E-state index is 11.3. The third kappa shape index (κ3) is 2.16. The van der Waals surface area contributed by atoms with Crippen LogP contribution < -0.4 is 4.90 Å². The molecule has 2 amide bonds. The molecule has 0 aromatic heterocycles. The molecule has 1 aromatic carbocycles. The van der Waals surface area contributed by atoms with Crippen molar-refractivity contribution in [2.45, 2.75) is 0 Å². The SMILES string of the molecule is CN(O)C(=O)N(C)c1ccccc1Cl. The molecule has 0 saturated carbocycles. The van der Waals surface area contributed by atoms with E-state index in [4.69, 9.17) is 16.8 Å². The lowest BCUT2D eigenvalue weighted by atomic mass is 10.3. The van der Waals surface area contributed by atoms with Gasteiger partial charge in [0.05, 0.1) is 10.7 Å². The van der Waals surface area contributed by atoms with E-state index in [1.165, 1.54) is 19.0 Å². The molecular formula is C9H11ClN2O2. The molecular weight excluding hydrogens is 204 g/mol. The standard InChI is InChI=1S/C9H11ClN2O2/c1-11(9(13)12(2)14)8-6-4-3-5-7(8)10/h3-6,14H,1-2H3. The van der Waals surface area contributed by atoms with E-state index < -0.39 is 6.03 Å². The van der Waals surface area contributed by atoms with Crippen LogP contribution in [0.4, 0.5) is 10.5 Å². The largest absolute Gasteiger partial charge is 0.347 e. The highest BCUT2D eigenvalue weighted by molar-refractivity contribution is 6.33. The quantitative estimate of drug-likeness (QED) is 0.576. The zero-order valence-electron chi connectivity index (χ0n) is 7.94. The van der Waals surface area contributed by atoms with Gasteiger partial charge in [0, 0.05) is 14.1 Å². The van der Waals surface area contributed by atoms with Crippen molar-refractivity contribution in [1.82, 2.24) is 5.06 Å². The van der Waals surface area contributed by atoms with Crippen LogP contribution in [0, 0.1) is 0 Å². The lowest BCUT2D eigenvalue weighted by Crippen LogP contribution is -2.36. The number of hydrogen-bond acceptors (Lipinski definition) is 2. The Hall–Kier alpha value is -1.26. The Morgan fingerprint density at radius 2 is 1.93 bits per heavy atom. The molecule has 5 heteroatoms. The Labute approximate surface area is 87.3 Å². The number of benzene rings is 1. The molecule has 0 saturated heterocycles. The van der Waals surface area contributed by atoms with E-state index in [0.717, 1.165) is 0 Å². The number of hydrogen-bond donors (Lipinski definition) is 1. The van der Waals surface area contributed by atoms with Gasteiger partial charge in [-0.1, -0.05) is 23.7 Å². The highest BCUT2D eigenvalue weighted by Gasteiger charge is 2.15. The molecule has 4 nitrogen and oxygen atoms in total. The van der Waals surface area contributed by atoms with Crippen molar-refractivity contribution in [2.75, 3.05) is 19.0 Å². The second-order valence-corrected chi connectivity index (χ2v) is 3.22. The van der Waals surface area contributed by atoms with Crippen LogP contribution in [-0.4, -0.2) is 30.4 Å². The van der Waals surface area contributed by atoms with Crippen LogP contribution in [0.15, 0.2) is 24.3 Å². The lowest BCUT2D eigenvalue weighted by Gasteiger charge is -2.21. The van der Waals surface area contributed by atoms with Crippen molar-refractivity contribution in [3.63, 3.8) is 0 Å². The van der Waals surface area contributed by atoms with Crippen LogP contribution in [-0.2, 0) is 0 Å². The minimum atomic E-state index is -0.543. The predicted molar refractivity (Wildman–Crippen MR) is 54.8 cm³/mol. The van der Waals surface area contributed by atoms with Crippen molar-refractivity contribution < 1.29 is 10.0 Å². The Morgan fingerprint density at radius 3 is 2.43 bits per heavy atom. The van der Waals surface area contributed by atoms with Gasteiger partial charge in [0.2, 0.25) is 0 Å². The molecule has 0 fully saturated rings. The number of halogens is 1. The Morgan fingerprint density at radius 1 is 1.36 bits per heavy atom. The third-order valence-electron chi connectivity index (χ3n) is 1.78. The molecule has 1 N–H and O–H groups in total. The van der Waals surface area contributed by atoms with Crippen molar-refractivity contribution in [3.8, 4) is 0 Å². The monoisotopic (exact) mass is 214 g/mol. The molecule has 0 aliphatic rings. The van der Waals surface area contributed by atoms with Gasteiger partial charge in [-0.05, 0) is 12.1 Å².